The van der Waals surface area contributed by atoms with E-state index in [1.807, 2.05) is 42.7 Å². The molecule has 0 fully saturated rings. The molecular weight excluding hydrogens is 204 g/mol. The molecule has 2 aromatic rings. The monoisotopic (exact) mass is 216 g/mol. The highest BCUT2D eigenvalue weighted by atomic mass is 16.6. The van der Waals surface area contributed by atoms with Crippen LogP contribution in [0.2, 0.25) is 0 Å². The maximum atomic E-state index is 11.7. The van der Waals surface area contributed by atoms with Gasteiger partial charge in [0.25, 0.3) is 0 Å². The highest BCUT2D eigenvalue weighted by Gasteiger charge is 2.38. The second-order valence-electron chi connectivity index (χ2n) is 4.52. The number of cyclic esters (lactones) is 1. The summed E-state index contributed by atoms with van der Waals surface area (Å²) in [4.78, 5) is 11.7. The summed E-state index contributed by atoms with van der Waals surface area (Å²) in [5, 5.41) is 0.972. The van der Waals surface area contributed by atoms with Gasteiger partial charge in [-0.2, -0.15) is 0 Å². The first-order valence-electron chi connectivity index (χ1n) is 5.14. The average Bonchev–Trinajstić information content (AvgIpc) is 2.64. The van der Waals surface area contributed by atoms with Crippen LogP contribution in [-0.2, 0) is 10.5 Å². The lowest BCUT2D eigenvalue weighted by molar-refractivity contribution is -0.0163. The second kappa shape index (κ2) is 2.58. The third-order valence-corrected chi connectivity index (χ3v) is 2.92. The quantitative estimate of drug-likeness (QED) is 0.542. The molecule has 2 heterocycles. The number of aromatic nitrogens is 1. The van der Waals surface area contributed by atoms with Crippen molar-refractivity contribution in [3.8, 4) is 0 Å². The Bertz CT molecular complexity index is 611. The Morgan fingerprint density at radius 3 is 2.81 bits per heavy atom. The number of nitrogen functional groups attached to an aromatic ring is 1. The van der Waals surface area contributed by atoms with Crippen molar-refractivity contribution < 1.29 is 9.53 Å². The minimum Gasteiger partial charge on any atom is -0.434 e. The van der Waals surface area contributed by atoms with E-state index < -0.39 is 5.72 Å². The van der Waals surface area contributed by atoms with Crippen molar-refractivity contribution in [1.82, 2.24) is 4.57 Å². The lowest BCUT2D eigenvalue weighted by atomic mass is 10.2. The van der Waals surface area contributed by atoms with Crippen LogP contribution in [-0.4, -0.2) is 10.5 Å². The van der Waals surface area contributed by atoms with Crippen molar-refractivity contribution in [3.05, 3.63) is 30.0 Å². The topological polar surface area (TPSA) is 57.2 Å². The molecule has 2 N–H and O–H groups in total. The zero-order valence-electron chi connectivity index (χ0n) is 9.15. The van der Waals surface area contributed by atoms with E-state index in [2.05, 4.69) is 0 Å². The van der Waals surface area contributed by atoms with E-state index in [9.17, 15) is 4.79 Å². The van der Waals surface area contributed by atoms with E-state index in [-0.39, 0.29) is 5.97 Å². The minimum absolute atomic E-state index is 0.278. The molecule has 4 heteroatoms. The van der Waals surface area contributed by atoms with E-state index in [0.29, 0.717) is 11.4 Å². The molecule has 3 rings (SSSR count). The molecule has 0 saturated heterocycles. The Morgan fingerprint density at radius 2 is 2.06 bits per heavy atom. The molecule has 1 aromatic carbocycles. The van der Waals surface area contributed by atoms with Crippen LogP contribution in [0.25, 0.3) is 10.9 Å². The first kappa shape index (κ1) is 9.27. The van der Waals surface area contributed by atoms with Gasteiger partial charge in [0.05, 0.1) is 5.52 Å². The molecule has 0 saturated carbocycles. The summed E-state index contributed by atoms with van der Waals surface area (Å²) in [6.07, 6.45) is 0. The smallest absolute Gasteiger partial charge is 0.357 e. The highest BCUT2D eigenvalue weighted by molar-refractivity contribution is 5.98. The first-order valence-corrected chi connectivity index (χ1v) is 5.14. The number of fused-ring (bicyclic) bond motifs is 3. The van der Waals surface area contributed by atoms with Crippen LogP contribution in [0.15, 0.2) is 24.3 Å². The number of nitrogens with zero attached hydrogens (tertiary/aromatic N) is 1. The molecule has 0 amide bonds. The van der Waals surface area contributed by atoms with Crippen LogP contribution in [0.1, 0.15) is 24.3 Å². The third-order valence-electron chi connectivity index (χ3n) is 2.92. The normalized spacial score (nSPS) is 17.5. The second-order valence-corrected chi connectivity index (χ2v) is 4.52. The summed E-state index contributed by atoms with van der Waals surface area (Å²) in [7, 11) is 0. The van der Waals surface area contributed by atoms with Gasteiger partial charge >= 0.3 is 5.97 Å². The Kier molecular flexibility index (Phi) is 1.50. The number of ether oxygens (including phenoxy) is 1. The molecule has 0 unspecified atom stereocenters. The van der Waals surface area contributed by atoms with Crippen LogP contribution in [0, 0.1) is 0 Å². The molecule has 16 heavy (non-hydrogen) atoms. The van der Waals surface area contributed by atoms with Gasteiger partial charge < -0.3 is 10.5 Å². The van der Waals surface area contributed by atoms with Crippen LogP contribution in [0.5, 0.6) is 0 Å². The van der Waals surface area contributed by atoms with Gasteiger partial charge in [-0.25, -0.2) is 4.79 Å². The van der Waals surface area contributed by atoms with E-state index in [0.717, 1.165) is 10.9 Å². The van der Waals surface area contributed by atoms with Crippen LogP contribution < -0.4 is 5.73 Å². The predicted molar refractivity (Wildman–Crippen MR) is 61.1 cm³/mol. The lowest BCUT2D eigenvalue weighted by Gasteiger charge is -2.20. The van der Waals surface area contributed by atoms with Crippen molar-refractivity contribution in [2.75, 3.05) is 5.73 Å². The summed E-state index contributed by atoms with van der Waals surface area (Å²) in [5.74, 6) is -0.278. The number of hydrogen-bond acceptors (Lipinski definition) is 3. The van der Waals surface area contributed by atoms with Crippen LogP contribution in [0.3, 0.4) is 0 Å². The Balaban J connectivity index is 2.42. The Hall–Kier alpha value is -1.97. The largest absolute Gasteiger partial charge is 0.434 e. The molecule has 0 atom stereocenters. The zero-order chi connectivity index (χ0) is 11.5. The molecule has 4 nitrogen and oxygen atoms in total. The number of esters is 1. The standard InChI is InChI=1S/C12H12N2O2/c1-12(2)14-9-4-3-8(13)5-7(9)6-10(14)11(15)16-12/h3-6H,13H2,1-2H3. The van der Waals surface area contributed by atoms with Crippen molar-refractivity contribution in [1.29, 1.82) is 0 Å². The van der Waals surface area contributed by atoms with Crippen molar-refractivity contribution in [2.45, 2.75) is 19.6 Å². The molecule has 1 aliphatic heterocycles. The number of carbonyl (C=O) groups is 1. The van der Waals surface area contributed by atoms with Gasteiger partial charge in [-0.1, -0.05) is 0 Å². The molecular formula is C12H12N2O2. The summed E-state index contributed by atoms with van der Waals surface area (Å²) >= 11 is 0. The Morgan fingerprint density at radius 1 is 1.31 bits per heavy atom. The molecule has 1 aliphatic rings. The molecule has 82 valence electrons. The predicted octanol–water partition coefficient (Wildman–Crippen LogP) is 2.09. The van der Waals surface area contributed by atoms with E-state index in [1.54, 1.807) is 0 Å². The summed E-state index contributed by atoms with van der Waals surface area (Å²) in [6.45, 7) is 3.74. The van der Waals surface area contributed by atoms with Gasteiger partial charge in [0.15, 0.2) is 5.72 Å². The molecule has 1 aromatic heterocycles. The summed E-state index contributed by atoms with van der Waals surface area (Å²) in [5.41, 5.74) is 7.36. The number of benzene rings is 1. The fourth-order valence-electron chi connectivity index (χ4n) is 2.29. The molecule has 0 radical (unpaired) electrons. The van der Waals surface area contributed by atoms with Crippen molar-refractivity contribution in [3.63, 3.8) is 0 Å². The first-order chi connectivity index (χ1) is 7.49. The van der Waals surface area contributed by atoms with Gasteiger partial charge in [0.1, 0.15) is 5.69 Å². The minimum atomic E-state index is -0.621. The molecule has 0 spiro atoms. The molecule has 0 bridgehead atoms. The number of anilines is 1. The lowest BCUT2D eigenvalue weighted by Crippen LogP contribution is -2.23. The van der Waals surface area contributed by atoms with Crippen LogP contribution >= 0.6 is 0 Å². The van der Waals surface area contributed by atoms with E-state index >= 15 is 0 Å². The number of nitrogens with two attached hydrogens (primary N) is 1. The zero-order valence-corrected chi connectivity index (χ0v) is 9.15. The number of hydrogen-bond donors (Lipinski definition) is 1. The maximum Gasteiger partial charge on any atom is 0.357 e. The third kappa shape index (κ3) is 1.01. The van der Waals surface area contributed by atoms with Gasteiger partial charge in [-0.15, -0.1) is 0 Å². The van der Waals surface area contributed by atoms with E-state index in [1.165, 1.54) is 0 Å². The number of rotatable bonds is 0. The Labute approximate surface area is 92.6 Å². The fourth-order valence-corrected chi connectivity index (χ4v) is 2.29. The average molecular weight is 216 g/mol. The fraction of sp³-hybridized carbons (Fsp3) is 0.250. The highest BCUT2D eigenvalue weighted by Crippen LogP contribution is 2.35. The molecule has 0 aliphatic carbocycles. The maximum absolute atomic E-state index is 11.7. The SMILES string of the molecule is CC1(C)OC(=O)c2cc3cc(N)ccc3n21. The number of carbonyl (C=O) groups excluding carboxylic acids is 1. The van der Waals surface area contributed by atoms with Gasteiger partial charge in [0, 0.05) is 11.1 Å². The van der Waals surface area contributed by atoms with Crippen molar-refractivity contribution in [2.24, 2.45) is 0 Å². The summed E-state index contributed by atoms with van der Waals surface area (Å²) in [6, 6.07) is 7.43. The van der Waals surface area contributed by atoms with Gasteiger partial charge in [0.2, 0.25) is 0 Å². The van der Waals surface area contributed by atoms with E-state index in [4.69, 9.17) is 10.5 Å². The van der Waals surface area contributed by atoms with Gasteiger partial charge in [-0.05, 0) is 38.1 Å². The van der Waals surface area contributed by atoms with Crippen LogP contribution in [0.4, 0.5) is 5.69 Å². The summed E-state index contributed by atoms with van der Waals surface area (Å²) < 4.78 is 7.20. The van der Waals surface area contributed by atoms with Crippen molar-refractivity contribution >= 4 is 22.6 Å². The van der Waals surface area contributed by atoms with Gasteiger partial charge in [-0.3, -0.25) is 4.57 Å².